The van der Waals surface area contributed by atoms with Gasteiger partial charge in [0.1, 0.15) is 34.4 Å². The topological polar surface area (TPSA) is 114 Å². The molecule has 8 nitrogen and oxygen atoms in total. The van der Waals surface area contributed by atoms with Gasteiger partial charge in [-0.15, -0.1) is 16.9 Å². The van der Waals surface area contributed by atoms with E-state index in [1.807, 2.05) is 6.26 Å². The van der Waals surface area contributed by atoms with Gasteiger partial charge in [-0.05, 0) is 6.26 Å². The molecule has 0 bridgehead atoms. The zero-order valence-corrected chi connectivity index (χ0v) is 11.4. The molecule has 1 aliphatic heterocycles. The highest BCUT2D eigenvalue weighted by atomic mass is 32.2. The first kappa shape index (κ1) is 13.7. The third kappa shape index (κ3) is 1.98. The Morgan fingerprint density at radius 2 is 2.20 bits per heavy atom. The van der Waals surface area contributed by atoms with Crippen molar-refractivity contribution >= 4 is 22.8 Å². The van der Waals surface area contributed by atoms with Crippen molar-refractivity contribution in [3.8, 4) is 0 Å². The minimum atomic E-state index is -1.15. The Kier molecular flexibility index (Phi) is 3.61. The summed E-state index contributed by atoms with van der Waals surface area (Å²) >= 11 is 1.40. The largest absolute Gasteiger partial charge is 0.394 e. The fraction of sp³-hybridized carbons (Fsp3) is 0.545. The number of nitrogens with zero attached hydrogens (tertiary/aromatic N) is 4. The predicted octanol–water partition coefficient (Wildman–Crippen LogP) is -0.840. The molecule has 0 amide bonds. The van der Waals surface area contributed by atoms with Crippen molar-refractivity contribution in [3.05, 3.63) is 12.5 Å². The number of fused-ring (bicyclic) bond motifs is 1. The van der Waals surface area contributed by atoms with Crippen LogP contribution in [-0.2, 0) is 4.74 Å². The van der Waals surface area contributed by atoms with Gasteiger partial charge in [-0.2, -0.15) is 5.10 Å². The van der Waals surface area contributed by atoms with Crippen LogP contribution in [0.25, 0.3) is 11.0 Å². The van der Waals surface area contributed by atoms with Gasteiger partial charge in [0.2, 0.25) is 0 Å². The van der Waals surface area contributed by atoms with Crippen LogP contribution < -0.4 is 0 Å². The van der Waals surface area contributed by atoms with E-state index < -0.39 is 24.5 Å². The summed E-state index contributed by atoms with van der Waals surface area (Å²) in [6.07, 6.45) is 0.962. The third-order valence-corrected chi connectivity index (χ3v) is 4.00. The fourth-order valence-corrected chi connectivity index (χ4v) is 2.85. The van der Waals surface area contributed by atoms with Crippen LogP contribution in [0.15, 0.2) is 17.6 Å². The molecular formula is C11H14N4O4S. The van der Waals surface area contributed by atoms with Crippen molar-refractivity contribution in [2.75, 3.05) is 12.9 Å². The molecule has 2 aromatic heterocycles. The molecule has 2 aromatic rings. The van der Waals surface area contributed by atoms with Crippen LogP contribution in [0.3, 0.4) is 0 Å². The number of aromatic nitrogens is 4. The maximum absolute atomic E-state index is 10.1. The van der Waals surface area contributed by atoms with E-state index in [0.29, 0.717) is 16.1 Å². The normalized spacial score (nSPS) is 30.2. The van der Waals surface area contributed by atoms with Crippen molar-refractivity contribution in [2.24, 2.45) is 0 Å². The summed E-state index contributed by atoms with van der Waals surface area (Å²) in [5.41, 5.74) is 1.31. The Morgan fingerprint density at radius 3 is 2.85 bits per heavy atom. The zero-order valence-electron chi connectivity index (χ0n) is 10.6. The lowest BCUT2D eigenvalue weighted by Gasteiger charge is -2.17. The van der Waals surface area contributed by atoms with Gasteiger partial charge in [0.25, 0.3) is 0 Å². The van der Waals surface area contributed by atoms with E-state index in [0.717, 1.165) is 0 Å². The minimum absolute atomic E-state index is 0.365. The van der Waals surface area contributed by atoms with Crippen molar-refractivity contribution in [3.63, 3.8) is 0 Å². The average Bonchev–Trinajstić information content (AvgIpc) is 3.01. The SMILES string of the molecule is CSc1nncc2ncn([C@@H]3O[C@H](CO)[C@@H](O)[C@H]3O)c12. The zero-order chi connectivity index (χ0) is 14.3. The Bertz CT molecular complexity index is 621. The van der Waals surface area contributed by atoms with Crippen LogP contribution in [-0.4, -0.2) is 66.2 Å². The van der Waals surface area contributed by atoms with E-state index in [1.54, 1.807) is 4.57 Å². The highest BCUT2D eigenvalue weighted by Crippen LogP contribution is 2.33. The molecule has 3 rings (SSSR count). The Hall–Kier alpha value is -1.26. The quantitative estimate of drug-likeness (QED) is 0.629. The molecule has 9 heteroatoms. The molecular weight excluding hydrogens is 284 g/mol. The lowest BCUT2D eigenvalue weighted by molar-refractivity contribution is -0.0510. The molecule has 0 spiro atoms. The van der Waals surface area contributed by atoms with Crippen LogP contribution in [0, 0.1) is 0 Å². The van der Waals surface area contributed by atoms with Gasteiger partial charge >= 0.3 is 0 Å². The van der Waals surface area contributed by atoms with E-state index in [2.05, 4.69) is 15.2 Å². The Labute approximate surface area is 118 Å². The highest BCUT2D eigenvalue weighted by molar-refractivity contribution is 7.98. The molecule has 4 atom stereocenters. The molecule has 0 aromatic carbocycles. The Balaban J connectivity index is 2.07. The second-order valence-electron chi connectivity index (χ2n) is 4.47. The average molecular weight is 298 g/mol. The lowest BCUT2D eigenvalue weighted by atomic mass is 10.1. The van der Waals surface area contributed by atoms with Crippen LogP contribution in [0.4, 0.5) is 0 Å². The maximum atomic E-state index is 10.1. The van der Waals surface area contributed by atoms with Crippen molar-refractivity contribution in [1.82, 2.24) is 19.7 Å². The lowest BCUT2D eigenvalue weighted by Crippen LogP contribution is -2.33. The second-order valence-corrected chi connectivity index (χ2v) is 5.26. The van der Waals surface area contributed by atoms with E-state index in [9.17, 15) is 10.2 Å². The number of rotatable bonds is 3. The van der Waals surface area contributed by atoms with E-state index in [-0.39, 0.29) is 6.61 Å². The number of imidazole rings is 1. The van der Waals surface area contributed by atoms with E-state index >= 15 is 0 Å². The van der Waals surface area contributed by atoms with Gasteiger partial charge in [0.05, 0.1) is 19.1 Å². The molecule has 1 saturated heterocycles. The number of ether oxygens (including phenoxy) is 1. The van der Waals surface area contributed by atoms with Crippen LogP contribution in [0.5, 0.6) is 0 Å². The molecule has 0 saturated carbocycles. The third-order valence-electron chi connectivity index (χ3n) is 3.34. The van der Waals surface area contributed by atoms with Crippen molar-refractivity contribution in [2.45, 2.75) is 29.6 Å². The Morgan fingerprint density at radius 1 is 1.40 bits per heavy atom. The van der Waals surface area contributed by atoms with Crippen LogP contribution >= 0.6 is 11.8 Å². The molecule has 1 aliphatic rings. The van der Waals surface area contributed by atoms with E-state index in [1.165, 1.54) is 24.3 Å². The standard InChI is InChI=1S/C11H14N4O4S/c1-20-10-7-5(2-13-14-10)12-4-15(7)11-9(18)8(17)6(3-16)19-11/h2,4,6,8-9,11,16-18H,3H2,1H3/t6-,8-,9-,11-/m1/s1. The predicted molar refractivity (Wildman–Crippen MR) is 70.1 cm³/mol. The number of thioether (sulfide) groups is 1. The molecule has 3 heterocycles. The van der Waals surface area contributed by atoms with Gasteiger partial charge in [-0.25, -0.2) is 4.98 Å². The number of aliphatic hydroxyl groups is 3. The highest BCUT2D eigenvalue weighted by Gasteiger charge is 2.43. The summed E-state index contributed by atoms with van der Waals surface area (Å²) in [4.78, 5) is 4.19. The van der Waals surface area contributed by atoms with Crippen LogP contribution in [0.2, 0.25) is 0 Å². The molecule has 108 valence electrons. The van der Waals surface area contributed by atoms with Gasteiger partial charge in [-0.1, -0.05) is 0 Å². The molecule has 0 aliphatic carbocycles. The summed E-state index contributed by atoms with van der Waals surface area (Å²) in [5, 5.41) is 37.6. The van der Waals surface area contributed by atoms with Crippen LogP contribution in [0.1, 0.15) is 6.23 Å². The minimum Gasteiger partial charge on any atom is -0.394 e. The summed E-state index contributed by atoms with van der Waals surface area (Å²) in [6.45, 7) is -0.365. The maximum Gasteiger partial charge on any atom is 0.164 e. The molecule has 0 unspecified atom stereocenters. The molecule has 3 N–H and O–H groups in total. The van der Waals surface area contributed by atoms with Gasteiger partial charge in [0, 0.05) is 0 Å². The smallest absolute Gasteiger partial charge is 0.164 e. The monoisotopic (exact) mass is 298 g/mol. The van der Waals surface area contributed by atoms with Gasteiger partial charge in [0.15, 0.2) is 6.23 Å². The second kappa shape index (κ2) is 5.26. The first-order valence-corrected chi connectivity index (χ1v) is 7.24. The number of hydrogen-bond donors (Lipinski definition) is 3. The summed E-state index contributed by atoms with van der Waals surface area (Å²) in [7, 11) is 0. The first-order valence-electron chi connectivity index (χ1n) is 6.02. The van der Waals surface area contributed by atoms with Crippen molar-refractivity contribution < 1.29 is 20.1 Å². The fourth-order valence-electron chi connectivity index (χ4n) is 2.31. The molecule has 20 heavy (non-hydrogen) atoms. The van der Waals surface area contributed by atoms with Gasteiger partial charge < -0.3 is 20.1 Å². The molecule has 0 radical (unpaired) electrons. The first-order chi connectivity index (χ1) is 9.67. The summed E-state index contributed by atoms with van der Waals surface area (Å²) < 4.78 is 7.11. The van der Waals surface area contributed by atoms with Gasteiger partial charge in [-0.3, -0.25) is 4.57 Å². The van der Waals surface area contributed by atoms with E-state index in [4.69, 9.17) is 9.84 Å². The summed E-state index contributed by atoms with van der Waals surface area (Å²) in [6, 6.07) is 0. The molecule has 1 fully saturated rings. The number of hydrogen-bond acceptors (Lipinski definition) is 8. The summed E-state index contributed by atoms with van der Waals surface area (Å²) in [5.74, 6) is 0. The van der Waals surface area contributed by atoms with Crippen molar-refractivity contribution in [1.29, 1.82) is 0 Å². The number of aliphatic hydroxyl groups excluding tert-OH is 3.